The quantitative estimate of drug-likeness (QED) is 0.905. The first-order valence-electron chi connectivity index (χ1n) is 6.51. The summed E-state index contributed by atoms with van der Waals surface area (Å²) in [6.07, 6.45) is 0.532. The largest absolute Gasteiger partial charge is 0.491 e. The number of carboxylic acid groups (broad SMARTS) is 1. The average molecular weight is 275 g/mol. The summed E-state index contributed by atoms with van der Waals surface area (Å²) in [5.41, 5.74) is 1.13. The molecule has 2 aromatic rings. The zero-order valence-electron chi connectivity index (χ0n) is 11.7. The van der Waals surface area contributed by atoms with Gasteiger partial charge >= 0.3 is 5.97 Å². The van der Waals surface area contributed by atoms with E-state index in [0.717, 1.165) is 0 Å². The second-order valence-electron chi connectivity index (χ2n) is 4.68. The first kappa shape index (κ1) is 14.1. The molecule has 0 bridgehead atoms. The first-order chi connectivity index (χ1) is 9.52. The number of rotatable bonds is 5. The number of aryl methyl sites for hydroxylation is 1. The highest BCUT2D eigenvalue weighted by Crippen LogP contribution is 2.28. The fourth-order valence-electron chi connectivity index (χ4n) is 1.97. The van der Waals surface area contributed by atoms with Crippen LogP contribution in [0.1, 0.15) is 36.9 Å². The molecule has 1 aromatic carbocycles. The molecule has 0 fully saturated rings. The van der Waals surface area contributed by atoms with E-state index in [4.69, 9.17) is 9.26 Å². The van der Waals surface area contributed by atoms with Gasteiger partial charge in [-0.15, -0.1) is 0 Å². The second-order valence-corrected chi connectivity index (χ2v) is 4.68. The normalized spacial score (nSPS) is 10.8. The molecule has 106 valence electrons. The molecule has 5 heteroatoms. The minimum Gasteiger partial charge on any atom is -0.491 e. The van der Waals surface area contributed by atoms with E-state index in [-0.39, 0.29) is 11.7 Å². The molecule has 2 rings (SSSR count). The van der Waals surface area contributed by atoms with Crippen LogP contribution in [0.5, 0.6) is 5.75 Å². The molecule has 20 heavy (non-hydrogen) atoms. The third kappa shape index (κ3) is 2.82. The standard InChI is InChI=1S/C15H17NO4/c1-4-12-13(15(17)18)14(16-20-12)10-6-5-7-11(8-10)19-9(2)3/h5-9H,4H2,1-3H3,(H,17,18). The Morgan fingerprint density at radius 3 is 2.80 bits per heavy atom. The van der Waals surface area contributed by atoms with Crippen LogP contribution in [0.3, 0.4) is 0 Å². The molecule has 1 N–H and O–H groups in total. The van der Waals surface area contributed by atoms with Crippen LogP contribution >= 0.6 is 0 Å². The van der Waals surface area contributed by atoms with Gasteiger partial charge in [-0.05, 0) is 26.0 Å². The lowest BCUT2D eigenvalue weighted by atomic mass is 10.0. The van der Waals surface area contributed by atoms with E-state index in [9.17, 15) is 9.90 Å². The van der Waals surface area contributed by atoms with Crippen molar-refractivity contribution >= 4 is 5.97 Å². The summed E-state index contributed by atoms with van der Waals surface area (Å²) in [4.78, 5) is 11.4. The van der Waals surface area contributed by atoms with Gasteiger partial charge in [0.1, 0.15) is 17.0 Å². The highest BCUT2D eigenvalue weighted by atomic mass is 16.5. The van der Waals surface area contributed by atoms with Crippen LogP contribution in [0.2, 0.25) is 0 Å². The topological polar surface area (TPSA) is 72.6 Å². The van der Waals surface area contributed by atoms with E-state index in [0.29, 0.717) is 29.2 Å². The van der Waals surface area contributed by atoms with E-state index in [1.807, 2.05) is 26.8 Å². The van der Waals surface area contributed by atoms with Crippen molar-refractivity contribution < 1.29 is 19.2 Å². The van der Waals surface area contributed by atoms with E-state index in [1.54, 1.807) is 18.2 Å². The Labute approximate surface area is 117 Å². The predicted octanol–water partition coefficient (Wildman–Crippen LogP) is 3.39. The van der Waals surface area contributed by atoms with Gasteiger partial charge in [-0.1, -0.05) is 24.2 Å². The number of carboxylic acids is 1. The molecule has 5 nitrogen and oxygen atoms in total. The Hall–Kier alpha value is -2.30. The molecule has 0 saturated carbocycles. The Bertz CT molecular complexity index is 616. The van der Waals surface area contributed by atoms with Crippen molar-refractivity contribution in [3.63, 3.8) is 0 Å². The smallest absolute Gasteiger partial charge is 0.341 e. The van der Waals surface area contributed by atoms with E-state index in [2.05, 4.69) is 5.16 Å². The lowest BCUT2D eigenvalue weighted by Crippen LogP contribution is -2.05. The number of nitrogens with zero attached hydrogens (tertiary/aromatic N) is 1. The van der Waals surface area contributed by atoms with Gasteiger partial charge in [0, 0.05) is 12.0 Å². The van der Waals surface area contributed by atoms with E-state index in [1.165, 1.54) is 0 Å². The summed E-state index contributed by atoms with van der Waals surface area (Å²) in [7, 11) is 0. The number of hydrogen-bond donors (Lipinski definition) is 1. The zero-order chi connectivity index (χ0) is 14.7. The van der Waals surface area contributed by atoms with Crippen molar-refractivity contribution in [3.8, 4) is 17.0 Å². The number of hydrogen-bond acceptors (Lipinski definition) is 4. The van der Waals surface area contributed by atoms with Gasteiger partial charge in [0.15, 0.2) is 5.76 Å². The van der Waals surface area contributed by atoms with Gasteiger partial charge in [-0.25, -0.2) is 4.79 Å². The third-order valence-electron chi connectivity index (χ3n) is 2.78. The van der Waals surface area contributed by atoms with Crippen LogP contribution in [0.15, 0.2) is 28.8 Å². The van der Waals surface area contributed by atoms with Crippen molar-refractivity contribution in [2.75, 3.05) is 0 Å². The van der Waals surface area contributed by atoms with Crippen LogP contribution in [0.25, 0.3) is 11.3 Å². The molecule has 0 atom stereocenters. The molecule has 0 saturated heterocycles. The van der Waals surface area contributed by atoms with Gasteiger partial charge in [0.05, 0.1) is 6.10 Å². The summed E-state index contributed by atoms with van der Waals surface area (Å²) >= 11 is 0. The molecule has 1 heterocycles. The Balaban J connectivity index is 2.46. The van der Waals surface area contributed by atoms with Gasteiger partial charge in [-0.2, -0.15) is 0 Å². The highest BCUT2D eigenvalue weighted by molar-refractivity contribution is 5.95. The maximum absolute atomic E-state index is 11.4. The maximum atomic E-state index is 11.4. The summed E-state index contributed by atoms with van der Waals surface area (Å²) in [6.45, 7) is 5.69. The molecular weight excluding hydrogens is 258 g/mol. The SMILES string of the molecule is CCc1onc(-c2cccc(OC(C)C)c2)c1C(=O)O. The number of aromatic carboxylic acids is 1. The molecule has 0 aliphatic rings. The molecule has 0 aliphatic heterocycles. The molecule has 1 aromatic heterocycles. The van der Waals surface area contributed by atoms with Crippen molar-refractivity contribution in [2.24, 2.45) is 0 Å². The number of aromatic nitrogens is 1. The van der Waals surface area contributed by atoms with Crippen molar-refractivity contribution in [2.45, 2.75) is 33.3 Å². The minimum atomic E-state index is -1.03. The van der Waals surface area contributed by atoms with Gasteiger partial charge in [0.2, 0.25) is 0 Å². The number of benzene rings is 1. The molecule has 0 unspecified atom stereocenters. The van der Waals surface area contributed by atoms with Crippen molar-refractivity contribution in [1.29, 1.82) is 0 Å². The van der Waals surface area contributed by atoms with Gasteiger partial charge in [-0.3, -0.25) is 0 Å². The van der Waals surface area contributed by atoms with Crippen LogP contribution in [0.4, 0.5) is 0 Å². The molecule has 0 amide bonds. The molecule has 0 aliphatic carbocycles. The number of ether oxygens (including phenoxy) is 1. The Morgan fingerprint density at radius 1 is 1.45 bits per heavy atom. The summed E-state index contributed by atoms with van der Waals surface area (Å²) in [6, 6.07) is 7.18. The maximum Gasteiger partial charge on any atom is 0.341 e. The third-order valence-corrected chi connectivity index (χ3v) is 2.78. The van der Waals surface area contributed by atoms with Crippen LogP contribution < -0.4 is 4.74 Å². The molecule has 0 spiro atoms. The fraction of sp³-hybridized carbons (Fsp3) is 0.333. The fourth-order valence-corrected chi connectivity index (χ4v) is 1.97. The van der Waals surface area contributed by atoms with Gasteiger partial charge in [0.25, 0.3) is 0 Å². The molecular formula is C15H17NO4. The lowest BCUT2D eigenvalue weighted by Gasteiger charge is -2.10. The minimum absolute atomic E-state index is 0.0488. The van der Waals surface area contributed by atoms with Crippen molar-refractivity contribution in [1.82, 2.24) is 5.16 Å². The van der Waals surface area contributed by atoms with Crippen molar-refractivity contribution in [3.05, 3.63) is 35.6 Å². The monoisotopic (exact) mass is 275 g/mol. The Kier molecular flexibility index (Phi) is 4.08. The first-order valence-corrected chi connectivity index (χ1v) is 6.51. The highest BCUT2D eigenvalue weighted by Gasteiger charge is 2.22. The zero-order valence-corrected chi connectivity index (χ0v) is 11.7. The summed E-state index contributed by atoms with van der Waals surface area (Å²) < 4.78 is 10.7. The van der Waals surface area contributed by atoms with Gasteiger partial charge < -0.3 is 14.4 Å². The lowest BCUT2D eigenvalue weighted by molar-refractivity contribution is 0.0695. The summed E-state index contributed by atoms with van der Waals surface area (Å²) in [5.74, 6) is 0.0193. The molecule has 0 radical (unpaired) electrons. The second kappa shape index (κ2) is 5.77. The average Bonchev–Trinajstić information content (AvgIpc) is 2.82. The van der Waals surface area contributed by atoms with Crippen LogP contribution in [-0.2, 0) is 6.42 Å². The predicted molar refractivity (Wildman–Crippen MR) is 74.0 cm³/mol. The van der Waals surface area contributed by atoms with E-state index < -0.39 is 5.97 Å². The number of carbonyl (C=O) groups is 1. The van der Waals surface area contributed by atoms with E-state index >= 15 is 0 Å². The summed E-state index contributed by atoms with van der Waals surface area (Å²) in [5, 5.41) is 13.2. The van der Waals surface area contributed by atoms with Crippen LogP contribution in [-0.4, -0.2) is 22.3 Å². The Morgan fingerprint density at radius 2 is 2.20 bits per heavy atom. The van der Waals surface area contributed by atoms with Crippen LogP contribution in [0, 0.1) is 0 Å².